The van der Waals surface area contributed by atoms with Crippen molar-refractivity contribution in [1.82, 2.24) is 5.32 Å². The molecular formula is C15H16N2O5. The van der Waals surface area contributed by atoms with Crippen molar-refractivity contribution in [3.05, 3.63) is 58.0 Å². The highest BCUT2D eigenvalue weighted by atomic mass is 16.6. The second-order valence-electron chi connectivity index (χ2n) is 4.91. The fraction of sp³-hybridized carbons (Fsp3) is 0.267. The van der Waals surface area contributed by atoms with E-state index < -0.39 is 4.92 Å². The molecule has 0 atom stereocenters. The van der Waals surface area contributed by atoms with Crippen LogP contribution >= 0.6 is 0 Å². The lowest BCUT2D eigenvalue weighted by Gasteiger charge is -2.06. The number of para-hydroxylation sites is 2. The van der Waals surface area contributed by atoms with E-state index in [2.05, 4.69) is 5.32 Å². The molecule has 2 aromatic rings. The highest BCUT2D eigenvalue weighted by Gasteiger charge is 2.16. The van der Waals surface area contributed by atoms with Crippen LogP contribution in [-0.2, 0) is 6.61 Å². The summed E-state index contributed by atoms with van der Waals surface area (Å²) < 4.78 is 10.8. The van der Waals surface area contributed by atoms with Crippen molar-refractivity contribution in [1.29, 1.82) is 0 Å². The Balaban J connectivity index is 2.03. The quantitative estimate of drug-likeness (QED) is 0.654. The van der Waals surface area contributed by atoms with E-state index in [1.165, 1.54) is 18.2 Å². The van der Waals surface area contributed by atoms with Gasteiger partial charge < -0.3 is 14.5 Å². The van der Waals surface area contributed by atoms with Gasteiger partial charge in [-0.05, 0) is 32.0 Å². The molecule has 7 heteroatoms. The van der Waals surface area contributed by atoms with E-state index in [1.807, 2.05) is 13.8 Å². The van der Waals surface area contributed by atoms with Crippen molar-refractivity contribution in [3.63, 3.8) is 0 Å². The molecule has 0 radical (unpaired) electrons. The van der Waals surface area contributed by atoms with Gasteiger partial charge in [0.2, 0.25) is 0 Å². The lowest BCUT2D eigenvalue weighted by Crippen LogP contribution is -2.29. The van der Waals surface area contributed by atoms with Gasteiger partial charge in [-0.1, -0.05) is 12.1 Å². The van der Waals surface area contributed by atoms with E-state index in [-0.39, 0.29) is 35.8 Å². The third-order valence-electron chi connectivity index (χ3n) is 2.74. The highest BCUT2D eigenvalue weighted by Crippen LogP contribution is 2.26. The second-order valence-corrected chi connectivity index (χ2v) is 4.91. The highest BCUT2D eigenvalue weighted by molar-refractivity contribution is 5.91. The van der Waals surface area contributed by atoms with Crippen LogP contribution in [0.3, 0.4) is 0 Å². The number of amides is 1. The predicted molar refractivity (Wildman–Crippen MR) is 78.7 cm³/mol. The molecule has 0 saturated heterocycles. The standard InChI is InChI=1S/C15H16N2O5/c1-10(2)16-15(18)14-8-7-11(22-14)9-21-13-6-4-3-5-12(13)17(19)20/h3-8,10H,9H2,1-2H3,(H,16,18). The summed E-state index contributed by atoms with van der Waals surface area (Å²) in [5.74, 6) is 0.422. The summed E-state index contributed by atoms with van der Waals surface area (Å²) in [5.41, 5.74) is -0.119. The number of ether oxygens (including phenoxy) is 1. The zero-order valence-electron chi connectivity index (χ0n) is 12.2. The molecule has 116 valence electrons. The molecule has 1 aromatic heterocycles. The van der Waals surface area contributed by atoms with Gasteiger partial charge in [-0.25, -0.2) is 0 Å². The van der Waals surface area contributed by atoms with Crippen LogP contribution in [-0.4, -0.2) is 16.9 Å². The molecule has 0 saturated carbocycles. The second kappa shape index (κ2) is 6.75. The summed E-state index contributed by atoms with van der Waals surface area (Å²) in [6, 6.07) is 9.22. The number of rotatable bonds is 6. The number of carbonyl (C=O) groups is 1. The number of nitro groups is 1. The van der Waals surface area contributed by atoms with Crippen molar-refractivity contribution in [3.8, 4) is 5.75 Å². The van der Waals surface area contributed by atoms with E-state index in [9.17, 15) is 14.9 Å². The van der Waals surface area contributed by atoms with Crippen LogP contribution in [0, 0.1) is 10.1 Å². The molecule has 0 unspecified atom stereocenters. The van der Waals surface area contributed by atoms with Crippen molar-refractivity contribution < 1.29 is 18.9 Å². The number of furan rings is 1. The van der Waals surface area contributed by atoms with E-state index in [0.29, 0.717) is 5.76 Å². The molecule has 2 rings (SSSR count). The predicted octanol–water partition coefficient (Wildman–Crippen LogP) is 2.91. The lowest BCUT2D eigenvalue weighted by atomic mass is 10.3. The maximum absolute atomic E-state index is 11.8. The van der Waals surface area contributed by atoms with Crippen LogP contribution in [0.4, 0.5) is 5.69 Å². The molecule has 0 fully saturated rings. The zero-order chi connectivity index (χ0) is 16.1. The molecule has 1 amide bonds. The molecule has 22 heavy (non-hydrogen) atoms. The molecular weight excluding hydrogens is 288 g/mol. The van der Waals surface area contributed by atoms with Gasteiger partial charge in [-0.3, -0.25) is 14.9 Å². The minimum atomic E-state index is -0.515. The first-order chi connectivity index (χ1) is 10.5. The van der Waals surface area contributed by atoms with Crippen LogP contribution < -0.4 is 10.1 Å². The monoisotopic (exact) mass is 304 g/mol. The lowest BCUT2D eigenvalue weighted by molar-refractivity contribution is -0.386. The van der Waals surface area contributed by atoms with Crippen LogP contribution in [0.15, 0.2) is 40.8 Å². The average Bonchev–Trinajstić information content (AvgIpc) is 2.93. The normalized spacial score (nSPS) is 10.5. The first kappa shape index (κ1) is 15.6. The van der Waals surface area contributed by atoms with Gasteiger partial charge in [0.05, 0.1) is 4.92 Å². The van der Waals surface area contributed by atoms with Crippen molar-refractivity contribution in [2.24, 2.45) is 0 Å². The van der Waals surface area contributed by atoms with E-state index in [4.69, 9.17) is 9.15 Å². The van der Waals surface area contributed by atoms with Gasteiger partial charge in [-0.2, -0.15) is 0 Å². The maximum Gasteiger partial charge on any atom is 0.310 e. The van der Waals surface area contributed by atoms with E-state index in [0.717, 1.165) is 0 Å². The van der Waals surface area contributed by atoms with Gasteiger partial charge >= 0.3 is 5.69 Å². The van der Waals surface area contributed by atoms with Crippen molar-refractivity contribution in [2.45, 2.75) is 26.5 Å². The number of carbonyl (C=O) groups excluding carboxylic acids is 1. The molecule has 1 heterocycles. The van der Waals surface area contributed by atoms with Gasteiger partial charge in [0.15, 0.2) is 11.5 Å². The first-order valence-electron chi connectivity index (χ1n) is 6.73. The third kappa shape index (κ3) is 3.85. The largest absolute Gasteiger partial charge is 0.479 e. The number of hydrogen-bond acceptors (Lipinski definition) is 5. The Labute approximate surface area is 127 Å². The summed E-state index contributed by atoms with van der Waals surface area (Å²) in [4.78, 5) is 22.1. The maximum atomic E-state index is 11.8. The fourth-order valence-corrected chi connectivity index (χ4v) is 1.79. The smallest absolute Gasteiger partial charge is 0.310 e. The summed E-state index contributed by atoms with van der Waals surface area (Å²) >= 11 is 0. The van der Waals surface area contributed by atoms with Gasteiger partial charge in [0.1, 0.15) is 12.4 Å². The summed E-state index contributed by atoms with van der Waals surface area (Å²) in [5, 5.41) is 13.6. The Morgan fingerprint density at radius 1 is 1.32 bits per heavy atom. The molecule has 0 spiro atoms. The number of nitrogens with one attached hydrogen (secondary N) is 1. The van der Waals surface area contributed by atoms with Crippen LogP contribution in [0.1, 0.15) is 30.2 Å². The van der Waals surface area contributed by atoms with Crippen LogP contribution in [0.25, 0.3) is 0 Å². The fourth-order valence-electron chi connectivity index (χ4n) is 1.79. The number of hydrogen-bond donors (Lipinski definition) is 1. The molecule has 0 aliphatic carbocycles. The van der Waals surface area contributed by atoms with E-state index >= 15 is 0 Å². The topological polar surface area (TPSA) is 94.6 Å². The van der Waals surface area contributed by atoms with Crippen LogP contribution in [0.5, 0.6) is 5.75 Å². The molecule has 0 aliphatic rings. The van der Waals surface area contributed by atoms with Crippen molar-refractivity contribution >= 4 is 11.6 Å². The van der Waals surface area contributed by atoms with Gasteiger partial charge in [-0.15, -0.1) is 0 Å². The molecule has 1 N–H and O–H groups in total. The number of benzene rings is 1. The molecule has 0 bridgehead atoms. The molecule has 0 aliphatic heterocycles. The Morgan fingerprint density at radius 2 is 2.05 bits per heavy atom. The summed E-state index contributed by atoms with van der Waals surface area (Å²) in [6.07, 6.45) is 0. The Morgan fingerprint density at radius 3 is 2.73 bits per heavy atom. The Kier molecular flexibility index (Phi) is 4.77. The minimum absolute atomic E-state index is 0.000187. The Bertz CT molecular complexity index is 678. The van der Waals surface area contributed by atoms with E-state index in [1.54, 1.807) is 18.2 Å². The summed E-state index contributed by atoms with van der Waals surface area (Å²) in [7, 11) is 0. The zero-order valence-corrected chi connectivity index (χ0v) is 12.2. The average molecular weight is 304 g/mol. The SMILES string of the molecule is CC(C)NC(=O)c1ccc(COc2ccccc2[N+](=O)[O-])o1. The van der Waals surface area contributed by atoms with Crippen molar-refractivity contribution in [2.75, 3.05) is 0 Å². The first-order valence-corrected chi connectivity index (χ1v) is 6.73. The number of nitro benzene ring substituents is 1. The third-order valence-corrected chi connectivity index (χ3v) is 2.74. The Hall–Kier alpha value is -2.83. The number of nitrogens with zero attached hydrogens (tertiary/aromatic N) is 1. The summed E-state index contributed by atoms with van der Waals surface area (Å²) in [6.45, 7) is 3.69. The molecule has 1 aromatic carbocycles. The van der Waals surface area contributed by atoms with Crippen LogP contribution in [0.2, 0.25) is 0 Å². The molecule has 7 nitrogen and oxygen atoms in total. The minimum Gasteiger partial charge on any atom is -0.479 e. The van der Waals surface area contributed by atoms with Gasteiger partial charge in [0.25, 0.3) is 5.91 Å². The van der Waals surface area contributed by atoms with Gasteiger partial charge in [0, 0.05) is 12.1 Å².